The summed E-state index contributed by atoms with van der Waals surface area (Å²) in [6.45, 7) is 0. The van der Waals surface area contributed by atoms with Crippen LogP contribution in [-0.4, -0.2) is 16.8 Å². The van der Waals surface area contributed by atoms with E-state index < -0.39 is 10.9 Å². The quantitative estimate of drug-likeness (QED) is 0.212. The highest BCUT2D eigenvalue weighted by molar-refractivity contribution is 9.10. The minimum atomic E-state index is -0.670. The lowest BCUT2D eigenvalue weighted by atomic mass is 10.2. The summed E-state index contributed by atoms with van der Waals surface area (Å²) >= 11 is 9.45. The van der Waals surface area contributed by atoms with Crippen LogP contribution in [0.15, 0.2) is 74.2 Å². The normalized spacial score (nSPS) is 14.8. The van der Waals surface area contributed by atoms with Gasteiger partial charge in [0.15, 0.2) is 5.70 Å². The van der Waals surface area contributed by atoms with Gasteiger partial charge >= 0.3 is 5.97 Å². The molecule has 0 aliphatic carbocycles. The van der Waals surface area contributed by atoms with Crippen molar-refractivity contribution in [1.82, 2.24) is 0 Å². The van der Waals surface area contributed by atoms with Crippen LogP contribution >= 0.6 is 27.5 Å². The molecule has 0 spiro atoms. The Bertz CT molecular complexity index is 1200. The summed E-state index contributed by atoms with van der Waals surface area (Å²) in [4.78, 5) is 26.6. The number of furan rings is 1. The Morgan fingerprint density at radius 3 is 2.55 bits per heavy atom. The van der Waals surface area contributed by atoms with Gasteiger partial charge in [-0.25, -0.2) is 9.79 Å². The van der Waals surface area contributed by atoms with Crippen molar-refractivity contribution in [1.29, 1.82) is 0 Å². The molecule has 0 saturated heterocycles. The topological polar surface area (TPSA) is 94.9 Å². The van der Waals surface area contributed by atoms with Crippen LogP contribution in [0.2, 0.25) is 5.02 Å². The smallest absolute Gasteiger partial charge is 0.363 e. The van der Waals surface area contributed by atoms with Crippen molar-refractivity contribution in [3.05, 3.63) is 91.2 Å². The van der Waals surface area contributed by atoms with E-state index in [1.807, 2.05) is 24.3 Å². The second-order valence-electron chi connectivity index (χ2n) is 5.97. The first-order valence-corrected chi connectivity index (χ1v) is 9.40. The van der Waals surface area contributed by atoms with E-state index in [0.29, 0.717) is 11.5 Å². The van der Waals surface area contributed by atoms with Crippen molar-refractivity contribution >= 4 is 51.2 Å². The first-order chi connectivity index (χ1) is 13.9. The third-order valence-corrected chi connectivity index (χ3v) is 4.89. The second kappa shape index (κ2) is 7.65. The van der Waals surface area contributed by atoms with Crippen LogP contribution in [0.3, 0.4) is 0 Å². The minimum Gasteiger partial charge on any atom is -0.457 e. The van der Waals surface area contributed by atoms with Crippen molar-refractivity contribution < 1.29 is 18.9 Å². The predicted molar refractivity (Wildman–Crippen MR) is 111 cm³/mol. The Morgan fingerprint density at radius 1 is 1.10 bits per heavy atom. The number of aliphatic imine (C=N–C) groups is 1. The summed E-state index contributed by atoms with van der Waals surface area (Å²) < 4.78 is 11.9. The number of non-ortho nitro benzene ring substituents is 1. The number of hydrogen-bond acceptors (Lipinski definition) is 6. The number of cyclic esters (lactones) is 1. The van der Waals surface area contributed by atoms with Crippen LogP contribution < -0.4 is 0 Å². The van der Waals surface area contributed by atoms with E-state index in [4.69, 9.17) is 20.8 Å². The molecular formula is C20H10BrClN2O5. The number of esters is 1. The van der Waals surface area contributed by atoms with Gasteiger partial charge < -0.3 is 9.15 Å². The Morgan fingerprint density at radius 2 is 1.86 bits per heavy atom. The average Bonchev–Trinajstić information content (AvgIpc) is 3.29. The first kappa shape index (κ1) is 19.1. The van der Waals surface area contributed by atoms with Crippen LogP contribution in [-0.2, 0) is 9.53 Å². The fourth-order valence-electron chi connectivity index (χ4n) is 2.65. The van der Waals surface area contributed by atoms with Crippen molar-refractivity contribution in [3.63, 3.8) is 0 Å². The summed E-state index contributed by atoms with van der Waals surface area (Å²) in [5.74, 6) is 0.366. The van der Waals surface area contributed by atoms with Gasteiger partial charge in [-0.3, -0.25) is 10.1 Å². The highest BCUT2D eigenvalue weighted by atomic mass is 79.9. The lowest BCUT2D eigenvalue weighted by molar-refractivity contribution is -0.384. The summed E-state index contributed by atoms with van der Waals surface area (Å²) in [5.41, 5.74) is 1.03. The van der Waals surface area contributed by atoms with E-state index in [1.165, 1.54) is 24.3 Å². The maximum atomic E-state index is 12.2. The van der Waals surface area contributed by atoms with Gasteiger partial charge in [-0.1, -0.05) is 39.7 Å². The third-order valence-electron chi connectivity index (χ3n) is 4.05. The molecule has 1 aromatic heterocycles. The molecule has 0 radical (unpaired) electrons. The standard InChI is InChI=1S/C20H10BrClN2O5/c21-12-3-1-11(2-4-12)18-8-6-14(28-18)10-17-20(25)29-19(23-17)15-7-5-13(24(26)27)9-16(15)22/h1-10H/b17-10-. The molecule has 0 saturated carbocycles. The zero-order valence-corrected chi connectivity index (χ0v) is 16.8. The molecule has 0 N–H and O–H groups in total. The van der Waals surface area contributed by atoms with Crippen LogP contribution in [0.4, 0.5) is 5.69 Å². The fourth-order valence-corrected chi connectivity index (χ4v) is 3.17. The number of nitro groups is 1. The highest BCUT2D eigenvalue weighted by Gasteiger charge is 2.27. The number of nitrogens with zero attached hydrogens (tertiary/aromatic N) is 2. The number of halogens is 2. The van der Waals surface area contributed by atoms with E-state index in [-0.39, 0.29) is 27.9 Å². The Labute approximate surface area is 177 Å². The number of hydrogen-bond donors (Lipinski definition) is 0. The molecule has 0 fully saturated rings. The maximum absolute atomic E-state index is 12.2. The van der Waals surface area contributed by atoms with E-state index >= 15 is 0 Å². The molecule has 1 aliphatic rings. The van der Waals surface area contributed by atoms with Crippen molar-refractivity contribution in [2.24, 2.45) is 4.99 Å². The average molecular weight is 474 g/mol. The van der Waals surface area contributed by atoms with Crippen LogP contribution in [0.25, 0.3) is 17.4 Å². The number of carbonyl (C=O) groups excluding carboxylic acids is 1. The molecule has 9 heteroatoms. The van der Waals surface area contributed by atoms with E-state index in [2.05, 4.69) is 20.9 Å². The third kappa shape index (κ3) is 3.98. The summed E-state index contributed by atoms with van der Waals surface area (Å²) in [7, 11) is 0. The molecule has 144 valence electrons. The van der Waals surface area contributed by atoms with E-state index in [0.717, 1.165) is 10.0 Å². The molecule has 0 unspecified atom stereocenters. The van der Waals surface area contributed by atoms with E-state index in [1.54, 1.807) is 12.1 Å². The van der Waals surface area contributed by atoms with E-state index in [9.17, 15) is 14.9 Å². The minimum absolute atomic E-state index is 0.0270. The monoisotopic (exact) mass is 472 g/mol. The Balaban J connectivity index is 1.62. The largest absolute Gasteiger partial charge is 0.457 e. The fraction of sp³-hybridized carbons (Fsp3) is 0. The number of rotatable bonds is 4. The molecule has 1 aliphatic heterocycles. The molecular weight excluding hydrogens is 464 g/mol. The second-order valence-corrected chi connectivity index (χ2v) is 7.29. The van der Waals surface area contributed by atoms with Gasteiger partial charge in [0.05, 0.1) is 15.5 Å². The molecule has 4 rings (SSSR count). The zero-order valence-electron chi connectivity index (χ0n) is 14.5. The maximum Gasteiger partial charge on any atom is 0.363 e. The number of ether oxygens (including phenoxy) is 1. The number of carbonyl (C=O) groups is 1. The van der Waals surface area contributed by atoms with Crippen LogP contribution in [0.5, 0.6) is 0 Å². The van der Waals surface area contributed by atoms with Crippen molar-refractivity contribution in [3.8, 4) is 11.3 Å². The lowest BCUT2D eigenvalue weighted by Gasteiger charge is -2.02. The molecule has 0 amide bonds. The molecule has 29 heavy (non-hydrogen) atoms. The summed E-state index contributed by atoms with van der Waals surface area (Å²) in [6.07, 6.45) is 1.46. The van der Waals surface area contributed by atoms with Crippen LogP contribution in [0, 0.1) is 10.1 Å². The van der Waals surface area contributed by atoms with Gasteiger partial charge in [-0.2, -0.15) is 0 Å². The highest BCUT2D eigenvalue weighted by Crippen LogP contribution is 2.29. The van der Waals surface area contributed by atoms with Gasteiger partial charge in [-0.05, 0) is 30.3 Å². The Hall–Kier alpha value is -3.23. The predicted octanol–water partition coefficient (Wildman–Crippen LogP) is 5.62. The molecule has 3 aromatic rings. The summed E-state index contributed by atoms with van der Waals surface area (Å²) in [6, 6.07) is 14.9. The molecule has 2 aromatic carbocycles. The molecule has 7 nitrogen and oxygen atoms in total. The van der Waals surface area contributed by atoms with Crippen LogP contribution in [0.1, 0.15) is 11.3 Å². The van der Waals surface area contributed by atoms with Gasteiger partial charge in [0, 0.05) is 28.2 Å². The van der Waals surface area contributed by atoms with Crippen molar-refractivity contribution in [2.75, 3.05) is 0 Å². The van der Waals surface area contributed by atoms with Crippen molar-refractivity contribution in [2.45, 2.75) is 0 Å². The van der Waals surface area contributed by atoms with Gasteiger partial charge in [0.1, 0.15) is 11.5 Å². The SMILES string of the molecule is O=C1OC(c2ccc([N+](=O)[O-])cc2Cl)=N/C1=C\c1ccc(-c2ccc(Br)cc2)o1. The Kier molecular flexibility index (Phi) is 5.04. The molecule has 0 atom stereocenters. The first-order valence-electron chi connectivity index (χ1n) is 8.23. The molecule has 0 bridgehead atoms. The lowest BCUT2D eigenvalue weighted by Crippen LogP contribution is -2.06. The number of nitro benzene ring substituents is 1. The number of benzene rings is 2. The van der Waals surface area contributed by atoms with Gasteiger partial charge in [0.2, 0.25) is 5.90 Å². The zero-order chi connectivity index (χ0) is 20.5. The van der Waals surface area contributed by atoms with Gasteiger partial charge in [0.25, 0.3) is 5.69 Å². The molecule has 2 heterocycles. The van der Waals surface area contributed by atoms with Gasteiger partial charge in [-0.15, -0.1) is 0 Å². The summed E-state index contributed by atoms with van der Waals surface area (Å²) in [5, 5.41) is 10.9.